The molecule has 0 aromatic carbocycles. The van der Waals surface area contributed by atoms with Crippen LogP contribution < -0.4 is 5.73 Å². The van der Waals surface area contributed by atoms with Crippen LogP contribution >= 0.6 is 0 Å². The van der Waals surface area contributed by atoms with Crippen LogP contribution in [0.4, 0.5) is 0 Å². The standard InChI is InChI=1S/C15H29NO/c1-2-3-4-5-6-7-10-15(12-16)11-13-8-9-14(15)17-13/h13-14H,2-12,16H2,1H3. The van der Waals surface area contributed by atoms with Gasteiger partial charge in [0.15, 0.2) is 0 Å². The highest BCUT2D eigenvalue weighted by Gasteiger charge is 2.50. The number of hydrogen-bond acceptors (Lipinski definition) is 2. The monoisotopic (exact) mass is 239 g/mol. The number of fused-ring (bicyclic) bond motifs is 2. The fourth-order valence-corrected chi connectivity index (χ4v) is 3.73. The summed E-state index contributed by atoms with van der Waals surface area (Å²) in [7, 11) is 0. The van der Waals surface area contributed by atoms with E-state index < -0.39 is 0 Å². The van der Waals surface area contributed by atoms with Crippen LogP contribution in [0.15, 0.2) is 0 Å². The molecule has 2 bridgehead atoms. The third kappa shape index (κ3) is 3.03. The lowest BCUT2D eigenvalue weighted by Gasteiger charge is -2.34. The highest BCUT2D eigenvalue weighted by Crippen LogP contribution is 2.49. The zero-order valence-corrected chi connectivity index (χ0v) is 11.4. The van der Waals surface area contributed by atoms with Crippen LogP contribution in [0.5, 0.6) is 0 Å². The Morgan fingerprint density at radius 2 is 1.88 bits per heavy atom. The van der Waals surface area contributed by atoms with E-state index in [0.717, 1.165) is 6.54 Å². The van der Waals surface area contributed by atoms with E-state index in [2.05, 4.69) is 6.92 Å². The van der Waals surface area contributed by atoms with Crippen molar-refractivity contribution in [3.05, 3.63) is 0 Å². The van der Waals surface area contributed by atoms with E-state index in [0.29, 0.717) is 17.6 Å². The molecular weight excluding hydrogens is 210 g/mol. The molecule has 2 heteroatoms. The smallest absolute Gasteiger partial charge is 0.0649 e. The van der Waals surface area contributed by atoms with E-state index in [1.54, 1.807) is 0 Å². The first-order chi connectivity index (χ1) is 8.30. The van der Waals surface area contributed by atoms with Gasteiger partial charge < -0.3 is 10.5 Å². The van der Waals surface area contributed by atoms with Gasteiger partial charge in [0.05, 0.1) is 12.2 Å². The van der Waals surface area contributed by atoms with Gasteiger partial charge in [0.25, 0.3) is 0 Å². The minimum atomic E-state index is 0.355. The van der Waals surface area contributed by atoms with Crippen LogP contribution in [-0.4, -0.2) is 18.8 Å². The van der Waals surface area contributed by atoms with Crippen LogP contribution in [0, 0.1) is 5.41 Å². The maximum Gasteiger partial charge on any atom is 0.0649 e. The summed E-state index contributed by atoms with van der Waals surface area (Å²) in [6, 6.07) is 0. The fraction of sp³-hybridized carbons (Fsp3) is 1.00. The van der Waals surface area contributed by atoms with Crippen molar-refractivity contribution in [2.45, 2.75) is 83.3 Å². The summed E-state index contributed by atoms with van der Waals surface area (Å²) in [4.78, 5) is 0. The van der Waals surface area contributed by atoms with Crippen molar-refractivity contribution in [3.63, 3.8) is 0 Å². The van der Waals surface area contributed by atoms with E-state index >= 15 is 0 Å². The summed E-state index contributed by atoms with van der Waals surface area (Å²) in [6.45, 7) is 3.11. The van der Waals surface area contributed by atoms with Crippen LogP contribution in [0.3, 0.4) is 0 Å². The van der Waals surface area contributed by atoms with Gasteiger partial charge in [0.2, 0.25) is 0 Å². The van der Waals surface area contributed by atoms with Gasteiger partial charge >= 0.3 is 0 Å². The lowest BCUT2D eigenvalue weighted by atomic mass is 9.71. The third-order valence-electron chi connectivity index (χ3n) is 4.86. The van der Waals surface area contributed by atoms with E-state index in [4.69, 9.17) is 10.5 Å². The zero-order chi connectivity index (χ0) is 12.1. The summed E-state index contributed by atoms with van der Waals surface area (Å²) in [6.07, 6.45) is 14.4. The maximum atomic E-state index is 6.04. The number of nitrogens with two attached hydrogens (primary N) is 1. The molecule has 3 unspecified atom stereocenters. The molecule has 100 valence electrons. The molecule has 2 nitrogen and oxygen atoms in total. The first-order valence-electron chi connectivity index (χ1n) is 7.66. The maximum absolute atomic E-state index is 6.04. The van der Waals surface area contributed by atoms with Crippen LogP contribution in [0.1, 0.15) is 71.1 Å². The Morgan fingerprint density at radius 1 is 1.12 bits per heavy atom. The summed E-state index contributed by atoms with van der Waals surface area (Å²) in [5.41, 5.74) is 6.39. The highest BCUT2D eigenvalue weighted by atomic mass is 16.5. The fourth-order valence-electron chi connectivity index (χ4n) is 3.73. The van der Waals surface area contributed by atoms with E-state index in [9.17, 15) is 0 Å². The lowest BCUT2D eigenvalue weighted by molar-refractivity contribution is 0.0587. The predicted octanol–water partition coefficient (Wildman–Crippen LogP) is 3.63. The quantitative estimate of drug-likeness (QED) is 0.656. The molecule has 2 aliphatic rings. The lowest BCUT2D eigenvalue weighted by Crippen LogP contribution is -2.39. The van der Waals surface area contributed by atoms with Gasteiger partial charge in [-0.2, -0.15) is 0 Å². The summed E-state index contributed by atoms with van der Waals surface area (Å²) >= 11 is 0. The molecule has 0 amide bonds. The van der Waals surface area contributed by atoms with Crippen molar-refractivity contribution in [3.8, 4) is 0 Å². The molecule has 0 aromatic heterocycles. The molecular formula is C15H29NO. The number of ether oxygens (including phenoxy) is 1. The van der Waals surface area contributed by atoms with Crippen molar-refractivity contribution in [1.29, 1.82) is 0 Å². The summed E-state index contributed by atoms with van der Waals surface area (Å²) in [5, 5.41) is 0. The molecule has 2 fully saturated rings. The first kappa shape index (κ1) is 13.4. The third-order valence-corrected chi connectivity index (χ3v) is 4.86. The van der Waals surface area contributed by atoms with E-state index in [1.165, 1.54) is 64.2 Å². The van der Waals surface area contributed by atoms with Gasteiger partial charge in [-0.25, -0.2) is 0 Å². The molecule has 2 rings (SSSR count). The Morgan fingerprint density at radius 3 is 2.47 bits per heavy atom. The summed E-state index contributed by atoms with van der Waals surface area (Å²) < 4.78 is 5.99. The zero-order valence-electron chi connectivity index (χ0n) is 11.4. The number of unbranched alkanes of at least 4 members (excludes halogenated alkanes) is 5. The Labute approximate surface area is 106 Å². The first-order valence-corrected chi connectivity index (χ1v) is 7.66. The summed E-state index contributed by atoms with van der Waals surface area (Å²) in [5.74, 6) is 0. The molecule has 0 aliphatic carbocycles. The second-order valence-corrected chi connectivity index (χ2v) is 6.11. The molecule has 0 saturated carbocycles. The second kappa shape index (κ2) is 6.19. The largest absolute Gasteiger partial charge is 0.374 e. The van der Waals surface area contributed by atoms with Crippen LogP contribution in [0.2, 0.25) is 0 Å². The van der Waals surface area contributed by atoms with Crippen molar-refractivity contribution in [1.82, 2.24) is 0 Å². The topological polar surface area (TPSA) is 35.2 Å². The molecule has 2 aliphatic heterocycles. The van der Waals surface area contributed by atoms with Gasteiger partial charge in [-0.3, -0.25) is 0 Å². The average molecular weight is 239 g/mol. The molecule has 0 spiro atoms. The van der Waals surface area contributed by atoms with Crippen LogP contribution in [-0.2, 0) is 4.74 Å². The highest BCUT2D eigenvalue weighted by molar-refractivity contribution is 5.00. The van der Waals surface area contributed by atoms with E-state index in [1.807, 2.05) is 0 Å². The van der Waals surface area contributed by atoms with Crippen LogP contribution in [0.25, 0.3) is 0 Å². The SMILES string of the molecule is CCCCCCCCC1(CN)CC2CCC1O2. The number of rotatable bonds is 8. The Balaban J connectivity index is 1.66. The van der Waals surface area contributed by atoms with Gasteiger partial charge in [0.1, 0.15) is 0 Å². The minimum Gasteiger partial charge on any atom is -0.374 e. The molecule has 3 atom stereocenters. The molecule has 2 saturated heterocycles. The predicted molar refractivity (Wildman–Crippen MR) is 72.0 cm³/mol. The van der Waals surface area contributed by atoms with Crippen molar-refractivity contribution in [2.75, 3.05) is 6.54 Å². The molecule has 2 N–H and O–H groups in total. The Kier molecular flexibility index (Phi) is 4.87. The average Bonchev–Trinajstić information content (AvgIpc) is 2.94. The van der Waals surface area contributed by atoms with Gasteiger partial charge in [-0.1, -0.05) is 45.4 Å². The van der Waals surface area contributed by atoms with Crippen molar-refractivity contribution < 1.29 is 4.74 Å². The Hall–Kier alpha value is -0.0800. The minimum absolute atomic E-state index is 0.355. The Bertz CT molecular complexity index is 231. The molecule has 0 aromatic rings. The number of hydrogen-bond donors (Lipinski definition) is 1. The second-order valence-electron chi connectivity index (χ2n) is 6.11. The molecule has 2 heterocycles. The molecule has 17 heavy (non-hydrogen) atoms. The van der Waals surface area contributed by atoms with E-state index in [-0.39, 0.29) is 0 Å². The molecule has 0 radical (unpaired) electrons. The van der Waals surface area contributed by atoms with Gasteiger partial charge in [-0.15, -0.1) is 0 Å². The van der Waals surface area contributed by atoms with Crippen molar-refractivity contribution in [2.24, 2.45) is 11.1 Å². The van der Waals surface area contributed by atoms with Crippen molar-refractivity contribution >= 4 is 0 Å². The van der Waals surface area contributed by atoms with Gasteiger partial charge in [0, 0.05) is 12.0 Å². The van der Waals surface area contributed by atoms with Gasteiger partial charge in [-0.05, 0) is 25.7 Å². The normalized spacial score (nSPS) is 35.6.